The number of likely N-dealkylation sites (tertiary alicyclic amines) is 1. The van der Waals surface area contributed by atoms with Gasteiger partial charge in [0.25, 0.3) is 0 Å². The molecule has 6 nitrogen and oxygen atoms in total. The highest BCUT2D eigenvalue weighted by molar-refractivity contribution is 5.81. The predicted octanol–water partition coefficient (Wildman–Crippen LogP) is 4.10. The van der Waals surface area contributed by atoms with E-state index in [2.05, 4.69) is 17.0 Å². The van der Waals surface area contributed by atoms with Gasteiger partial charge in [0.1, 0.15) is 17.2 Å². The van der Waals surface area contributed by atoms with Crippen molar-refractivity contribution in [3.8, 4) is 17.2 Å². The van der Waals surface area contributed by atoms with Crippen LogP contribution in [0, 0.1) is 11.8 Å². The third kappa shape index (κ3) is 5.80. The topological polar surface area (TPSA) is 62.2 Å². The highest BCUT2D eigenvalue weighted by Gasteiger charge is 2.38. The average molecular weight is 453 g/mol. The first-order valence-corrected chi connectivity index (χ1v) is 12.0. The van der Waals surface area contributed by atoms with Gasteiger partial charge in [0.2, 0.25) is 5.91 Å². The summed E-state index contributed by atoms with van der Waals surface area (Å²) in [7, 11) is 5.32. The molecule has 1 saturated carbocycles. The molecule has 2 aromatic carbocycles. The number of hydrogen-bond donors (Lipinski definition) is 1. The van der Waals surface area contributed by atoms with Gasteiger partial charge in [-0.3, -0.25) is 9.69 Å². The average Bonchev–Trinajstić information content (AvgIpc) is 3.69. The smallest absolute Gasteiger partial charge is 0.225 e. The molecule has 4 rings (SSSR count). The lowest BCUT2D eigenvalue weighted by atomic mass is 9.84. The first-order chi connectivity index (χ1) is 16.0. The fraction of sp³-hybridized carbons (Fsp3) is 0.519. The number of rotatable bonds is 9. The number of aromatic hydroxyl groups is 1. The summed E-state index contributed by atoms with van der Waals surface area (Å²) in [5.74, 6) is 2.89. The number of nitrogens with zero attached hydrogens (tertiary/aromatic N) is 2. The number of carbonyl (C=O) groups is 1. The SMILES string of the molecule is COc1cccc(C[C@H](C2CCN(Cc3cc(OC)ccc3O)CC2)N(C)C(=O)C2CC2)c1. The zero-order valence-electron chi connectivity index (χ0n) is 20.0. The van der Waals surface area contributed by atoms with E-state index in [1.165, 1.54) is 5.56 Å². The molecule has 1 saturated heterocycles. The Kier molecular flexibility index (Phi) is 7.43. The molecule has 1 aliphatic heterocycles. The Bertz CT molecular complexity index is 951. The number of likely N-dealkylation sites (N-methyl/N-ethyl adjacent to an activating group) is 1. The molecule has 2 aromatic rings. The minimum absolute atomic E-state index is 0.178. The zero-order chi connectivity index (χ0) is 23.4. The molecule has 1 N–H and O–H groups in total. The van der Waals surface area contributed by atoms with Crippen LogP contribution < -0.4 is 9.47 Å². The van der Waals surface area contributed by atoms with Crippen molar-refractivity contribution in [3.05, 3.63) is 53.6 Å². The summed E-state index contributed by atoms with van der Waals surface area (Å²) in [5.41, 5.74) is 2.10. The fourth-order valence-electron chi connectivity index (χ4n) is 4.99. The van der Waals surface area contributed by atoms with Crippen molar-refractivity contribution in [3.63, 3.8) is 0 Å². The molecule has 1 aliphatic carbocycles. The van der Waals surface area contributed by atoms with Gasteiger partial charge >= 0.3 is 0 Å². The Hall–Kier alpha value is -2.73. The van der Waals surface area contributed by atoms with Crippen molar-refractivity contribution in [2.75, 3.05) is 34.4 Å². The number of ether oxygens (including phenoxy) is 2. The second kappa shape index (κ2) is 10.5. The Balaban J connectivity index is 1.43. The van der Waals surface area contributed by atoms with Gasteiger partial charge in [-0.25, -0.2) is 0 Å². The number of phenolic OH excluding ortho intramolecular Hbond substituents is 1. The molecule has 2 aliphatic rings. The molecular formula is C27H36N2O4. The second-order valence-electron chi connectivity index (χ2n) is 9.45. The van der Waals surface area contributed by atoms with Crippen LogP contribution in [0.1, 0.15) is 36.8 Å². The van der Waals surface area contributed by atoms with E-state index < -0.39 is 0 Å². The molecule has 2 fully saturated rings. The summed E-state index contributed by atoms with van der Waals surface area (Å²) >= 11 is 0. The molecule has 0 unspecified atom stereocenters. The van der Waals surface area contributed by atoms with Crippen LogP contribution in [0.25, 0.3) is 0 Å². The lowest BCUT2D eigenvalue weighted by Gasteiger charge is -2.40. The molecule has 178 valence electrons. The summed E-state index contributed by atoms with van der Waals surface area (Å²) in [5, 5.41) is 10.3. The number of methoxy groups -OCH3 is 2. The Morgan fingerprint density at radius 1 is 1.06 bits per heavy atom. The van der Waals surface area contributed by atoms with Gasteiger partial charge in [0.15, 0.2) is 0 Å². The van der Waals surface area contributed by atoms with E-state index >= 15 is 0 Å². The van der Waals surface area contributed by atoms with Crippen LogP contribution in [0.5, 0.6) is 17.2 Å². The molecule has 1 atom stereocenters. The van der Waals surface area contributed by atoms with Gasteiger partial charge in [-0.1, -0.05) is 12.1 Å². The maximum atomic E-state index is 13.0. The maximum absolute atomic E-state index is 13.0. The summed E-state index contributed by atoms with van der Waals surface area (Å²) in [4.78, 5) is 17.4. The van der Waals surface area contributed by atoms with Gasteiger partial charge in [-0.2, -0.15) is 0 Å². The molecular weight excluding hydrogens is 416 g/mol. The minimum atomic E-state index is 0.178. The van der Waals surface area contributed by atoms with Gasteiger partial charge in [0, 0.05) is 31.1 Å². The lowest BCUT2D eigenvalue weighted by Crippen LogP contribution is -2.47. The van der Waals surface area contributed by atoms with Crippen molar-refractivity contribution >= 4 is 5.91 Å². The van der Waals surface area contributed by atoms with Crippen LogP contribution in [-0.2, 0) is 17.8 Å². The zero-order valence-corrected chi connectivity index (χ0v) is 20.0. The standard InChI is InChI=1S/C27H36N2O4/c1-28(27(31)21-7-8-21)25(16-19-5-4-6-23(15-19)32-2)20-11-13-29(14-12-20)18-22-17-24(33-3)9-10-26(22)30/h4-6,9-10,15,17,20-21,25,30H,7-8,11-14,16,18H2,1-3H3/t25-/m1/s1. The first kappa shape index (κ1) is 23.4. The minimum Gasteiger partial charge on any atom is -0.508 e. The van der Waals surface area contributed by atoms with E-state index in [1.807, 2.05) is 30.1 Å². The number of piperidine rings is 1. The van der Waals surface area contributed by atoms with Crippen LogP contribution >= 0.6 is 0 Å². The largest absolute Gasteiger partial charge is 0.508 e. The molecule has 0 spiro atoms. The van der Waals surface area contributed by atoms with Crippen LogP contribution in [-0.4, -0.2) is 61.2 Å². The van der Waals surface area contributed by atoms with E-state index in [9.17, 15) is 9.90 Å². The van der Waals surface area contributed by atoms with Gasteiger partial charge in [-0.15, -0.1) is 0 Å². The predicted molar refractivity (Wildman–Crippen MR) is 129 cm³/mol. The number of carbonyl (C=O) groups excluding carboxylic acids is 1. The lowest BCUT2D eigenvalue weighted by molar-refractivity contribution is -0.134. The Morgan fingerprint density at radius 2 is 1.76 bits per heavy atom. The van der Waals surface area contributed by atoms with E-state index in [0.717, 1.165) is 62.3 Å². The van der Waals surface area contributed by atoms with Crippen molar-refractivity contribution in [2.45, 2.75) is 44.7 Å². The molecule has 1 amide bonds. The number of hydrogen-bond acceptors (Lipinski definition) is 5. The normalized spacial score (nSPS) is 18.0. The molecule has 6 heteroatoms. The van der Waals surface area contributed by atoms with Crippen molar-refractivity contribution < 1.29 is 19.4 Å². The third-order valence-electron chi connectivity index (χ3n) is 7.21. The Labute approximate surface area is 197 Å². The first-order valence-electron chi connectivity index (χ1n) is 12.0. The number of amides is 1. The summed E-state index contributed by atoms with van der Waals surface area (Å²) in [6.07, 6.45) is 4.95. The number of phenols is 1. The molecule has 0 aromatic heterocycles. The van der Waals surface area contributed by atoms with Crippen LogP contribution in [0.4, 0.5) is 0 Å². The highest BCUT2D eigenvalue weighted by atomic mass is 16.5. The van der Waals surface area contributed by atoms with Crippen LogP contribution in [0.2, 0.25) is 0 Å². The molecule has 1 heterocycles. The maximum Gasteiger partial charge on any atom is 0.225 e. The monoisotopic (exact) mass is 452 g/mol. The van der Waals surface area contributed by atoms with Crippen LogP contribution in [0.15, 0.2) is 42.5 Å². The van der Waals surface area contributed by atoms with E-state index in [0.29, 0.717) is 24.1 Å². The van der Waals surface area contributed by atoms with Gasteiger partial charge < -0.3 is 19.5 Å². The summed E-state index contributed by atoms with van der Waals surface area (Å²) in [6, 6.07) is 13.8. The third-order valence-corrected chi connectivity index (χ3v) is 7.21. The van der Waals surface area contributed by atoms with Crippen molar-refractivity contribution in [1.29, 1.82) is 0 Å². The second-order valence-corrected chi connectivity index (χ2v) is 9.45. The molecule has 0 radical (unpaired) electrons. The number of benzene rings is 2. The van der Waals surface area contributed by atoms with Crippen LogP contribution in [0.3, 0.4) is 0 Å². The summed E-state index contributed by atoms with van der Waals surface area (Å²) < 4.78 is 10.7. The van der Waals surface area contributed by atoms with E-state index in [-0.39, 0.29) is 12.0 Å². The van der Waals surface area contributed by atoms with Gasteiger partial charge in [-0.05, 0) is 87.0 Å². The van der Waals surface area contributed by atoms with Crippen molar-refractivity contribution in [2.24, 2.45) is 11.8 Å². The van der Waals surface area contributed by atoms with E-state index in [1.54, 1.807) is 26.4 Å². The summed E-state index contributed by atoms with van der Waals surface area (Å²) in [6.45, 7) is 2.59. The van der Waals surface area contributed by atoms with Gasteiger partial charge in [0.05, 0.1) is 14.2 Å². The highest BCUT2D eigenvalue weighted by Crippen LogP contribution is 2.35. The Morgan fingerprint density at radius 3 is 2.42 bits per heavy atom. The molecule has 0 bridgehead atoms. The van der Waals surface area contributed by atoms with Crippen molar-refractivity contribution in [1.82, 2.24) is 9.80 Å². The van der Waals surface area contributed by atoms with E-state index in [4.69, 9.17) is 9.47 Å². The molecule has 33 heavy (non-hydrogen) atoms. The fourth-order valence-corrected chi connectivity index (χ4v) is 4.99. The quantitative estimate of drug-likeness (QED) is 0.621.